The molecule has 0 aromatic heterocycles. The Labute approximate surface area is 205 Å². The smallest absolute Gasteiger partial charge is 0.251 e. The summed E-state index contributed by atoms with van der Waals surface area (Å²) in [7, 11) is 0. The zero-order chi connectivity index (χ0) is 25.4. The summed E-state index contributed by atoms with van der Waals surface area (Å²) in [5, 5.41) is 5.62. The van der Waals surface area contributed by atoms with Crippen LogP contribution in [-0.2, 0) is 9.59 Å². The van der Waals surface area contributed by atoms with Crippen LogP contribution < -0.4 is 24.8 Å². The van der Waals surface area contributed by atoms with Crippen molar-refractivity contribution < 1.29 is 28.6 Å². The van der Waals surface area contributed by atoms with Crippen LogP contribution in [0.1, 0.15) is 38.1 Å². The molecule has 1 heterocycles. The summed E-state index contributed by atoms with van der Waals surface area (Å²) in [6, 6.07) is 11.1. The molecule has 3 rings (SSSR count). The van der Waals surface area contributed by atoms with Crippen molar-refractivity contribution in [1.82, 2.24) is 10.2 Å². The van der Waals surface area contributed by atoms with E-state index < -0.39 is 6.04 Å². The first-order valence-electron chi connectivity index (χ1n) is 11.8. The third-order valence-electron chi connectivity index (χ3n) is 5.50. The Balaban J connectivity index is 1.63. The summed E-state index contributed by atoms with van der Waals surface area (Å²) in [4.78, 5) is 40.2. The summed E-state index contributed by atoms with van der Waals surface area (Å²) in [5.41, 5.74) is 0.971. The number of nitrogens with one attached hydrogen (secondary N) is 2. The van der Waals surface area contributed by atoms with Crippen LogP contribution in [-0.4, -0.2) is 61.6 Å². The molecule has 0 saturated heterocycles. The van der Waals surface area contributed by atoms with Crippen molar-refractivity contribution in [3.8, 4) is 17.2 Å². The molecule has 3 amide bonds. The van der Waals surface area contributed by atoms with E-state index in [1.807, 2.05) is 20.8 Å². The largest absolute Gasteiger partial charge is 0.494 e. The topological polar surface area (TPSA) is 106 Å². The highest BCUT2D eigenvalue weighted by atomic mass is 16.6. The van der Waals surface area contributed by atoms with Gasteiger partial charge in [0, 0.05) is 23.9 Å². The second-order valence-corrected chi connectivity index (χ2v) is 8.41. The molecule has 0 radical (unpaired) electrons. The van der Waals surface area contributed by atoms with Crippen LogP contribution in [0.2, 0.25) is 0 Å². The molecule has 1 atom stereocenters. The van der Waals surface area contributed by atoms with Gasteiger partial charge in [0.2, 0.25) is 11.8 Å². The Morgan fingerprint density at radius 1 is 1.00 bits per heavy atom. The fourth-order valence-corrected chi connectivity index (χ4v) is 3.64. The first-order chi connectivity index (χ1) is 16.8. The fourth-order valence-electron chi connectivity index (χ4n) is 3.64. The molecule has 1 unspecified atom stereocenters. The number of hydrogen-bond acceptors (Lipinski definition) is 6. The Kier molecular flexibility index (Phi) is 8.94. The maximum absolute atomic E-state index is 13.3. The van der Waals surface area contributed by atoms with Crippen LogP contribution in [0.5, 0.6) is 17.2 Å². The number of rotatable bonds is 10. The van der Waals surface area contributed by atoms with Gasteiger partial charge in [-0.1, -0.05) is 13.8 Å². The highest BCUT2D eigenvalue weighted by Crippen LogP contribution is 2.32. The SMILES string of the molecule is CCOc1ccc(C(=O)NC(C(=O)N(CC)CC(=O)Nc2ccc3c(c2)OCCO3)C(C)C)cc1. The number of nitrogens with zero attached hydrogens (tertiary/aromatic N) is 1. The van der Waals surface area contributed by atoms with Crippen molar-refractivity contribution >= 4 is 23.4 Å². The zero-order valence-corrected chi connectivity index (χ0v) is 20.6. The minimum absolute atomic E-state index is 0.147. The average Bonchev–Trinajstić information content (AvgIpc) is 2.85. The lowest BCUT2D eigenvalue weighted by molar-refractivity contribution is -0.137. The molecule has 2 aromatic rings. The van der Waals surface area contributed by atoms with Gasteiger partial charge in [-0.05, 0) is 56.2 Å². The Morgan fingerprint density at radius 3 is 2.31 bits per heavy atom. The van der Waals surface area contributed by atoms with E-state index in [0.29, 0.717) is 54.9 Å². The molecule has 2 N–H and O–H groups in total. The first kappa shape index (κ1) is 25.9. The molecule has 35 heavy (non-hydrogen) atoms. The fraction of sp³-hybridized carbons (Fsp3) is 0.423. The van der Waals surface area contributed by atoms with E-state index in [2.05, 4.69) is 10.6 Å². The molecule has 0 fully saturated rings. The van der Waals surface area contributed by atoms with Gasteiger partial charge in [0.05, 0.1) is 13.2 Å². The molecule has 0 bridgehead atoms. The number of carbonyl (C=O) groups is 3. The Hall–Kier alpha value is -3.75. The molecule has 9 heteroatoms. The predicted octanol–water partition coefficient (Wildman–Crippen LogP) is 3.10. The van der Waals surface area contributed by atoms with E-state index >= 15 is 0 Å². The molecular formula is C26H33N3O6. The van der Waals surface area contributed by atoms with Crippen LogP contribution in [0.25, 0.3) is 0 Å². The summed E-state index contributed by atoms with van der Waals surface area (Å²) in [6.07, 6.45) is 0. The highest BCUT2D eigenvalue weighted by molar-refractivity contribution is 5.99. The standard InChI is InChI=1S/C26H33N3O6/c1-5-29(16-23(30)27-19-9-12-21-22(15-19)35-14-13-34-21)26(32)24(17(3)4)28-25(31)18-7-10-20(11-8-18)33-6-2/h7-12,15,17,24H,5-6,13-14,16H2,1-4H3,(H,27,30)(H,28,31). The van der Waals surface area contributed by atoms with Crippen molar-refractivity contribution in [2.24, 2.45) is 5.92 Å². The number of amides is 3. The van der Waals surface area contributed by atoms with Gasteiger partial charge >= 0.3 is 0 Å². The van der Waals surface area contributed by atoms with Gasteiger partial charge in [-0.2, -0.15) is 0 Å². The van der Waals surface area contributed by atoms with Gasteiger partial charge in [-0.3, -0.25) is 14.4 Å². The van der Waals surface area contributed by atoms with Gasteiger partial charge in [0.1, 0.15) is 25.0 Å². The number of anilines is 1. The summed E-state index contributed by atoms with van der Waals surface area (Å²) in [6.45, 7) is 9.01. The van der Waals surface area contributed by atoms with Crippen molar-refractivity contribution in [3.63, 3.8) is 0 Å². The maximum atomic E-state index is 13.3. The second kappa shape index (κ2) is 12.1. The summed E-state index contributed by atoms with van der Waals surface area (Å²) in [5.74, 6) is 0.649. The van der Waals surface area contributed by atoms with E-state index in [-0.39, 0.29) is 30.2 Å². The van der Waals surface area contributed by atoms with E-state index in [4.69, 9.17) is 14.2 Å². The third-order valence-corrected chi connectivity index (χ3v) is 5.50. The molecule has 0 aliphatic carbocycles. The summed E-state index contributed by atoms with van der Waals surface area (Å²) < 4.78 is 16.5. The number of hydrogen-bond donors (Lipinski definition) is 2. The number of benzene rings is 2. The minimum Gasteiger partial charge on any atom is -0.494 e. The minimum atomic E-state index is -0.781. The lowest BCUT2D eigenvalue weighted by atomic mass is 10.0. The van der Waals surface area contributed by atoms with Crippen LogP contribution >= 0.6 is 0 Å². The third kappa shape index (κ3) is 6.88. The molecule has 188 valence electrons. The van der Waals surface area contributed by atoms with E-state index in [9.17, 15) is 14.4 Å². The molecule has 1 aliphatic rings. The van der Waals surface area contributed by atoms with E-state index in [1.54, 1.807) is 49.4 Å². The zero-order valence-electron chi connectivity index (χ0n) is 20.6. The van der Waals surface area contributed by atoms with Gasteiger partial charge in [0.15, 0.2) is 11.5 Å². The number of carbonyl (C=O) groups excluding carboxylic acids is 3. The van der Waals surface area contributed by atoms with E-state index in [1.165, 1.54) is 4.90 Å². The summed E-state index contributed by atoms with van der Waals surface area (Å²) >= 11 is 0. The molecule has 0 saturated carbocycles. The van der Waals surface area contributed by atoms with Gasteiger partial charge in [-0.25, -0.2) is 0 Å². The van der Waals surface area contributed by atoms with Crippen molar-refractivity contribution in [2.45, 2.75) is 33.7 Å². The molecule has 2 aromatic carbocycles. The van der Waals surface area contributed by atoms with Crippen LogP contribution in [0, 0.1) is 5.92 Å². The maximum Gasteiger partial charge on any atom is 0.251 e. The first-order valence-corrected chi connectivity index (χ1v) is 11.8. The van der Waals surface area contributed by atoms with Gasteiger partial charge < -0.3 is 29.7 Å². The van der Waals surface area contributed by atoms with Crippen LogP contribution in [0.15, 0.2) is 42.5 Å². The molecular weight excluding hydrogens is 450 g/mol. The van der Waals surface area contributed by atoms with Crippen LogP contribution in [0.4, 0.5) is 5.69 Å². The van der Waals surface area contributed by atoms with E-state index in [0.717, 1.165) is 0 Å². The van der Waals surface area contributed by atoms with Gasteiger partial charge in [-0.15, -0.1) is 0 Å². The van der Waals surface area contributed by atoms with Crippen molar-refractivity contribution in [2.75, 3.05) is 38.2 Å². The average molecular weight is 484 g/mol. The normalized spacial score (nSPS) is 13.1. The molecule has 1 aliphatic heterocycles. The lowest BCUT2D eigenvalue weighted by Crippen LogP contribution is -2.52. The number of fused-ring (bicyclic) bond motifs is 1. The number of ether oxygens (including phenoxy) is 3. The van der Waals surface area contributed by atoms with Crippen LogP contribution in [0.3, 0.4) is 0 Å². The van der Waals surface area contributed by atoms with Gasteiger partial charge in [0.25, 0.3) is 5.91 Å². The quantitative estimate of drug-likeness (QED) is 0.538. The Morgan fingerprint density at radius 2 is 1.69 bits per heavy atom. The monoisotopic (exact) mass is 483 g/mol. The van der Waals surface area contributed by atoms with Crippen molar-refractivity contribution in [3.05, 3.63) is 48.0 Å². The second-order valence-electron chi connectivity index (χ2n) is 8.41. The Bertz CT molecular complexity index is 1040. The lowest BCUT2D eigenvalue weighted by Gasteiger charge is -2.28. The highest BCUT2D eigenvalue weighted by Gasteiger charge is 2.29. The van der Waals surface area contributed by atoms with Crippen molar-refractivity contribution in [1.29, 1.82) is 0 Å². The molecule has 9 nitrogen and oxygen atoms in total. The molecule has 0 spiro atoms. The number of likely N-dealkylation sites (N-methyl/N-ethyl adjacent to an activating group) is 1. The predicted molar refractivity (Wildman–Crippen MR) is 132 cm³/mol.